The van der Waals surface area contributed by atoms with Gasteiger partial charge in [-0.2, -0.15) is 0 Å². The Hall–Kier alpha value is -2.08. The lowest BCUT2D eigenvalue weighted by atomic mass is 9.92. The summed E-state index contributed by atoms with van der Waals surface area (Å²) in [4.78, 5) is 16.2. The molecule has 24 heavy (non-hydrogen) atoms. The number of hydrogen-bond acceptors (Lipinski definition) is 3. The molecule has 0 fully saturated rings. The smallest absolute Gasteiger partial charge is 0.227 e. The average molecular weight is 334 g/mol. The highest BCUT2D eigenvalue weighted by Crippen LogP contribution is 2.14. The average Bonchev–Trinajstić information content (AvgIpc) is 2.59. The highest BCUT2D eigenvalue weighted by atomic mass is 16.3. The Bertz CT molecular complexity index is 529. The van der Waals surface area contributed by atoms with Crippen LogP contribution in [-0.4, -0.2) is 50.3 Å². The topological polar surface area (TPSA) is 85.8 Å². The largest absolute Gasteiger partial charge is 0.396 e. The van der Waals surface area contributed by atoms with Gasteiger partial charge in [-0.1, -0.05) is 30.3 Å². The Morgan fingerprint density at radius 1 is 1.21 bits per heavy atom. The molecule has 6 nitrogen and oxygen atoms in total. The van der Waals surface area contributed by atoms with E-state index in [4.69, 9.17) is 0 Å². The van der Waals surface area contributed by atoms with Gasteiger partial charge in [0.15, 0.2) is 5.96 Å². The van der Waals surface area contributed by atoms with Crippen LogP contribution in [0.2, 0.25) is 0 Å². The lowest BCUT2D eigenvalue weighted by molar-refractivity contribution is -0.128. The fourth-order valence-electron chi connectivity index (χ4n) is 2.24. The Labute approximate surface area is 144 Å². The van der Waals surface area contributed by atoms with Gasteiger partial charge in [-0.25, -0.2) is 0 Å². The number of carbonyl (C=O) groups is 1. The first-order valence-electron chi connectivity index (χ1n) is 8.33. The van der Waals surface area contributed by atoms with Gasteiger partial charge in [0, 0.05) is 32.6 Å². The van der Waals surface area contributed by atoms with Crippen LogP contribution in [-0.2, 0) is 4.79 Å². The van der Waals surface area contributed by atoms with Gasteiger partial charge >= 0.3 is 0 Å². The van der Waals surface area contributed by atoms with Crippen molar-refractivity contribution in [1.29, 1.82) is 0 Å². The summed E-state index contributed by atoms with van der Waals surface area (Å²) < 4.78 is 0. The summed E-state index contributed by atoms with van der Waals surface area (Å²) in [5.74, 6) is 0.605. The Kier molecular flexibility index (Phi) is 8.26. The van der Waals surface area contributed by atoms with Crippen LogP contribution in [0.1, 0.15) is 32.3 Å². The van der Waals surface area contributed by atoms with Crippen LogP contribution in [0.5, 0.6) is 0 Å². The number of guanidine groups is 1. The second-order valence-electron chi connectivity index (χ2n) is 6.34. The molecule has 1 aromatic carbocycles. The molecule has 134 valence electrons. The molecular weight excluding hydrogens is 304 g/mol. The van der Waals surface area contributed by atoms with Crippen LogP contribution >= 0.6 is 0 Å². The fraction of sp³-hybridized carbons (Fsp3) is 0.556. The molecule has 0 aliphatic rings. The first-order valence-corrected chi connectivity index (χ1v) is 8.33. The van der Waals surface area contributed by atoms with Gasteiger partial charge in [-0.05, 0) is 26.3 Å². The zero-order valence-electron chi connectivity index (χ0n) is 15.1. The molecule has 0 aromatic heterocycles. The lowest BCUT2D eigenvalue weighted by Crippen LogP contribution is -2.48. The van der Waals surface area contributed by atoms with E-state index >= 15 is 0 Å². The van der Waals surface area contributed by atoms with Crippen LogP contribution < -0.4 is 16.0 Å². The third-order valence-electron chi connectivity index (χ3n) is 3.88. The Balaban J connectivity index is 2.54. The van der Waals surface area contributed by atoms with Crippen LogP contribution in [0.3, 0.4) is 0 Å². The monoisotopic (exact) mass is 334 g/mol. The highest BCUT2D eigenvalue weighted by molar-refractivity contribution is 5.84. The van der Waals surface area contributed by atoms with Gasteiger partial charge in [0.1, 0.15) is 0 Å². The molecule has 4 N–H and O–H groups in total. The fourth-order valence-corrected chi connectivity index (χ4v) is 2.24. The van der Waals surface area contributed by atoms with Crippen LogP contribution in [0.25, 0.3) is 0 Å². The molecule has 6 heteroatoms. The summed E-state index contributed by atoms with van der Waals surface area (Å²) in [5, 5.41) is 18.8. The Morgan fingerprint density at radius 3 is 2.42 bits per heavy atom. The molecule has 1 rings (SSSR count). The number of benzene rings is 1. The second kappa shape index (κ2) is 9.93. The highest BCUT2D eigenvalue weighted by Gasteiger charge is 2.27. The van der Waals surface area contributed by atoms with E-state index < -0.39 is 5.41 Å². The predicted molar refractivity (Wildman–Crippen MR) is 98.1 cm³/mol. The standard InChI is InChI=1S/C18H30N4O2/c1-5-20-16(24)18(2,3)13-22-17(19-4)21-11-15(12-23)14-9-7-6-8-10-14/h6-10,15,23H,5,11-13H2,1-4H3,(H,20,24)(H2,19,21,22). The number of hydrogen-bond donors (Lipinski definition) is 4. The molecule has 1 amide bonds. The maximum absolute atomic E-state index is 12.0. The number of nitrogens with one attached hydrogen (secondary N) is 3. The van der Waals surface area contributed by atoms with Crippen LogP contribution in [0, 0.1) is 5.41 Å². The number of aliphatic hydroxyl groups is 1. The van der Waals surface area contributed by atoms with Crippen molar-refractivity contribution in [2.75, 3.05) is 33.3 Å². The van der Waals surface area contributed by atoms with Gasteiger partial charge in [-0.15, -0.1) is 0 Å². The minimum absolute atomic E-state index is 0.00507. The van der Waals surface area contributed by atoms with Crippen molar-refractivity contribution in [3.8, 4) is 0 Å². The maximum Gasteiger partial charge on any atom is 0.227 e. The molecule has 0 aliphatic carbocycles. The van der Waals surface area contributed by atoms with Crippen molar-refractivity contribution in [1.82, 2.24) is 16.0 Å². The molecular formula is C18H30N4O2. The van der Waals surface area contributed by atoms with E-state index in [9.17, 15) is 9.90 Å². The number of aliphatic hydroxyl groups excluding tert-OH is 1. The second-order valence-corrected chi connectivity index (χ2v) is 6.34. The first kappa shape index (κ1) is 20.0. The maximum atomic E-state index is 12.0. The van der Waals surface area contributed by atoms with Crippen molar-refractivity contribution >= 4 is 11.9 Å². The SMILES string of the molecule is CCNC(=O)C(C)(C)CNC(=NC)NCC(CO)c1ccccc1. The summed E-state index contributed by atoms with van der Waals surface area (Å²) in [6.45, 7) is 7.37. The molecule has 1 unspecified atom stereocenters. The number of amides is 1. The third kappa shape index (κ3) is 6.20. The first-order chi connectivity index (χ1) is 11.4. The van der Waals surface area contributed by atoms with E-state index in [1.807, 2.05) is 51.1 Å². The van der Waals surface area contributed by atoms with E-state index in [2.05, 4.69) is 20.9 Å². The number of carbonyl (C=O) groups excluding carboxylic acids is 1. The summed E-state index contributed by atoms with van der Waals surface area (Å²) in [7, 11) is 1.69. The normalized spacial score (nSPS) is 13.3. The zero-order chi connectivity index (χ0) is 18.0. The predicted octanol–water partition coefficient (Wildman–Crippen LogP) is 1.09. The van der Waals surface area contributed by atoms with Crippen molar-refractivity contribution in [2.24, 2.45) is 10.4 Å². The van der Waals surface area contributed by atoms with Crippen molar-refractivity contribution in [2.45, 2.75) is 26.7 Å². The molecule has 1 atom stereocenters. The number of nitrogens with zero attached hydrogens (tertiary/aromatic N) is 1. The summed E-state index contributed by atoms with van der Waals surface area (Å²) >= 11 is 0. The van der Waals surface area contributed by atoms with Crippen LogP contribution in [0.4, 0.5) is 0 Å². The molecule has 0 bridgehead atoms. The van der Waals surface area contributed by atoms with Crippen molar-refractivity contribution in [3.63, 3.8) is 0 Å². The molecule has 0 heterocycles. The van der Waals surface area contributed by atoms with E-state index in [1.54, 1.807) is 7.05 Å². The molecule has 0 saturated carbocycles. The van der Waals surface area contributed by atoms with Gasteiger partial charge in [-0.3, -0.25) is 9.79 Å². The van der Waals surface area contributed by atoms with E-state index in [-0.39, 0.29) is 18.4 Å². The van der Waals surface area contributed by atoms with Gasteiger partial charge in [0.25, 0.3) is 0 Å². The van der Waals surface area contributed by atoms with Gasteiger partial charge in [0.2, 0.25) is 5.91 Å². The molecule has 0 spiro atoms. The zero-order valence-corrected chi connectivity index (χ0v) is 15.1. The summed E-state index contributed by atoms with van der Waals surface area (Å²) in [6, 6.07) is 9.86. The summed E-state index contributed by atoms with van der Waals surface area (Å²) in [6.07, 6.45) is 0. The number of aliphatic imine (C=N–C) groups is 1. The van der Waals surface area contributed by atoms with E-state index in [0.717, 1.165) is 5.56 Å². The van der Waals surface area contributed by atoms with E-state index in [1.165, 1.54) is 0 Å². The summed E-state index contributed by atoms with van der Waals surface area (Å²) in [5.41, 5.74) is 0.536. The molecule has 0 aliphatic heterocycles. The minimum Gasteiger partial charge on any atom is -0.396 e. The van der Waals surface area contributed by atoms with E-state index in [0.29, 0.717) is 25.6 Å². The number of rotatable bonds is 8. The lowest BCUT2D eigenvalue weighted by Gasteiger charge is -2.25. The Morgan fingerprint density at radius 2 is 1.88 bits per heavy atom. The molecule has 0 saturated heterocycles. The molecule has 1 aromatic rings. The third-order valence-corrected chi connectivity index (χ3v) is 3.88. The van der Waals surface area contributed by atoms with Crippen molar-refractivity contribution in [3.05, 3.63) is 35.9 Å². The quantitative estimate of drug-likeness (QED) is 0.423. The minimum atomic E-state index is -0.538. The molecule has 0 radical (unpaired) electrons. The van der Waals surface area contributed by atoms with Gasteiger partial charge in [0.05, 0.1) is 12.0 Å². The van der Waals surface area contributed by atoms with Crippen molar-refractivity contribution < 1.29 is 9.90 Å². The van der Waals surface area contributed by atoms with Crippen LogP contribution in [0.15, 0.2) is 35.3 Å². The van der Waals surface area contributed by atoms with Gasteiger partial charge < -0.3 is 21.1 Å².